The van der Waals surface area contributed by atoms with Crippen molar-refractivity contribution in [3.63, 3.8) is 0 Å². The number of hydrogen-bond donors (Lipinski definition) is 1. The third-order valence-electron chi connectivity index (χ3n) is 5.33. The molecule has 1 N–H and O–H groups in total. The van der Waals surface area contributed by atoms with Gasteiger partial charge < -0.3 is 15.0 Å². The largest absolute Gasteiger partial charge is 0.428 e. The van der Waals surface area contributed by atoms with Gasteiger partial charge in [0, 0.05) is 34.5 Å². The Morgan fingerprint density at radius 3 is 2.80 bits per heavy atom. The topological polar surface area (TPSA) is 67.3 Å². The lowest BCUT2D eigenvalue weighted by Gasteiger charge is -2.30. The van der Waals surface area contributed by atoms with Crippen LogP contribution in [0.2, 0.25) is 0 Å². The Balaban J connectivity index is 1.78. The van der Waals surface area contributed by atoms with Crippen LogP contribution in [0.5, 0.6) is 5.75 Å². The average Bonchev–Trinajstić information content (AvgIpc) is 2.75. The maximum Gasteiger partial charge on any atom is 0.298 e. The van der Waals surface area contributed by atoms with Crippen LogP contribution >= 0.6 is 0 Å². The summed E-state index contributed by atoms with van der Waals surface area (Å²) in [6.45, 7) is 4.30. The zero-order valence-corrected chi connectivity index (χ0v) is 17.2. The van der Waals surface area contributed by atoms with Gasteiger partial charge in [-0.3, -0.25) is 4.79 Å². The van der Waals surface area contributed by atoms with Crippen molar-refractivity contribution in [2.75, 3.05) is 25.5 Å². The number of nitrogens with zero attached hydrogens (tertiary/aromatic N) is 3. The van der Waals surface area contributed by atoms with Crippen molar-refractivity contribution in [1.82, 2.24) is 15.1 Å². The van der Waals surface area contributed by atoms with Crippen molar-refractivity contribution in [2.45, 2.75) is 25.8 Å². The molecule has 1 fully saturated rings. The molecule has 30 heavy (non-hydrogen) atoms. The van der Waals surface area contributed by atoms with Crippen molar-refractivity contribution < 1.29 is 9.53 Å². The number of aromatic nitrogens is 2. The Kier molecular flexibility index (Phi) is 5.92. The van der Waals surface area contributed by atoms with Crippen LogP contribution in [0, 0.1) is 11.8 Å². The molecular formula is C24H24N4O2. The summed E-state index contributed by atoms with van der Waals surface area (Å²) in [4.78, 5) is 13.4. The molecule has 3 aromatic rings. The lowest BCUT2D eigenvalue weighted by Crippen LogP contribution is -2.40. The molecule has 4 rings (SSSR count). The molecule has 0 bridgehead atoms. The SMILES string of the molecule is CC#Cc1ccc(-c2nnc(N[C@@H]3CCCN(C)C3)c3ccccc23)c(OC=O)c1. The minimum absolute atomic E-state index is 0.341. The standard InChI is InChI=1S/C24H24N4O2/c1-3-7-17-11-12-21(22(14-17)30-16-29)23-19-9-4-5-10-20(19)24(27-26-23)25-18-8-6-13-28(2)15-18/h4-5,9-12,14,16,18H,6,8,13,15H2,1-2H3,(H,25,27)/t18-/m1/s1. The normalized spacial score (nSPS) is 16.5. The molecule has 0 saturated carbocycles. The lowest BCUT2D eigenvalue weighted by molar-refractivity contribution is -0.120. The summed E-state index contributed by atoms with van der Waals surface area (Å²) in [6, 6.07) is 13.9. The van der Waals surface area contributed by atoms with Crippen molar-refractivity contribution in [3.05, 3.63) is 48.0 Å². The zero-order chi connectivity index (χ0) is 20.9. The van der Waals surface area contributed by atoms with Gasteiger partial charge in [-0.05, 0) is 51.6 Å². The molecule has 2 aromatic carbocycles. The fourth-order valence-corrected chi connectivity index (χ4v) is 3.98. The summed E-state index contributed by atoms with van der Waals surface area (Å²) in [5, 5.41) is 14.5. The first-order valence-corrected chi connectivity index (χ1v) is 10.1. The Morgan fingerprint density at radius 1 is 1.20 bits per heavy atom. The second-order valence-electron chi connectivity index (χ2n) is 7.49. The molecule has 1 atom stereocenters. The van der Waals surface area contributed by atoms with Crippen LogP contribution in [0.25, 0.3) is 22.0 Å². The summed E-state index contributed by atoms with van der Waals surface area (Å²) in [5.41, 5.74) is 2.15. The van der Waals surface area contributed by atoms with Crippen LogP contribution in [0.15, 0.2) is 42.5 Å². The minimum atomic E-state index is 0.341. The molecule has 2 heterocycles. The van der Waals surface area contributed by atoms with Gasteiger partial charge in [0.15, 0.2) is 5.82 Å². The van der Waals surface area contributed by atoms with Crippen LogP contribution in [-0.4, -0.2) is 47.7 Å². The summed E-state index contributed by atoms with van der Waals surface area (Å²) >= 11 is 0. The number of hydrogen-bond acceptors (Lipinski definition) is 6. The van der Waals surface area contributed by atoms with Gasteiger partial charge in [0.1, 0.15) is 11.4 Å². The second-order valence-corrected chi connectivity index (χ2v) is 7.49. The third kappa shape index (κ3) is 4.12. The number of ether oxygens (including phenoxy) is 1. The molecule has 0 spiro atoms. The number of carbonyl (C=O) groups is 1. The number of carbonyl (C=O) groups excluding carboxylic acids is 1. The molecule has 6 nitrogen and oxygen atoms in total. The maximum absolute atomic E-state index is 11.1. The predicted molar refractivity (Wildman–Crippen MR) is 118 cm³/mol. The van der Waals surface area contributed by atoms with Crippen molar-refractivity contribution >= 4 is 23.1 Å². The summed E-state index contributed by atoms with van der Waals surface area (Å²) in [5.74, 6) is 7.04. The Morgan fingerprint density at radius 2 is 2.03 bits per heavy atom. The Hall–Kier alpha value is -3.43. The van der Waals surface area contributed by atoms with Crippen LogP contribution in [0.1, 0.15) is 25.3 Å². The molecular weight excluding hydrogens is 376 g/mol. The number of anilines is 1. The van der Waals surface area contributed by atoms with E-state index in [1.54, 1.807) is 13.0 Å². The molecule has 6 heteroatoms. The van der Waals surface area contributed by atoms with Gasteiger partial charge >= 0.3 is 0 Å². The molecule has 0 unspecified atom stereocenters. The van der Waals surface area contributed by atoms with E-state index >= 15 is 0 Å². The van der Waals surface area contributed by atoms with Crippen molar-refractivity contribution in [3.8, 4) is 28.8 Å². The van der Waals surface area contributed by atoms with Crippen LogP contribution in [0.4, 0.5) is 5.82 Å². The summed E-state index contributed by atoms with van der Waals surface area (Å²) < 4.78 is 5.25. The van der Waals surface area contributed by atoms with Crippen LogP contribution in [0.3, 0.4) is 0 Å². The Labute approximate surface area is 176 Å². The molecule has 1 aromatic heterocycles. The van der Waals surface area contributed by atoms with Crippen LogP contribution in [-0.2, 0) is 4.79 Å². The van der Waals surface area contributed by atoms with Crippen molar-refractivity contribution in [1.29, 1.82) is 0 Å². The first-order valence-electron chi connectivity index (χ1n) is 10.1. The molecule has 1 aliphatic heterocycles. The predicted octanol–water partition coefficient (Wildman–Crippen LogP) is 3.71. The number of likely N-dealkylation sites (tertiary alicyclic amines) is 1. The zero-order valence-electron chi connectivity index (χ0n) is 17.2. The van der Waals surface area contributed by atoms with Gasteiger partial charge in [0.25, 0.3) is 6.47 Å². The highest BCUT2D eigenvalue weighted by Crippen LogP contribution is 2.35. The van der Waals surface area contributed by atoms with E-state index in [4.69, 9.17) is 4.74 Å². The highest BCUT2D eigenvalue weighted by atomic mass is 16.5. The highest BCUT2D eigenvalue weighted by Gasteiger charge is 2.20. The van der Waals surface area contributed by atoms with E-state index < -0.39 is 0 Å². The van der Waals surface area contributed by atoms with Gasteiger partial charge in [-0.2, -0.15) is 0 Å². The van der Waals surface area contributed by atoms with E-state index in [2.05, 4.69) is 39.3 Å². The highest BCUT2D eigenvalue weighted by molar-refractivity contribution is 6.01. The first kappa shape index (κ1) is 19.9. The van der Waals surface area contributed by atoms with E-state index in [9.17, 15) is 4.79 Å². The van der Waals surface area contributed by atoms with Gasteiger partial charge in [0.2, 0.25) is 0 Å². The third-order valence-corrected chi connectivity index (χ3v) is 5.33. The number of likely N-dealkylation sites (N-methyl/N-ethyl adjacent to an activating group) is 1. The Bertz CT molecular complexity index is 1130. The van der Waals surface area contributed by atoms with Crippen LogP contribution < -0.4 is 10.1 Å². The smallest absolute Gasteiger partial charge is 0.298 e. The molecule has 0 aliphatic carbocycles. The van der Waals surface area contributed by atoms with E-state index in [1.165, 1.54) is 0 Å². The lowest BCUT2D eigenvalue weighted by atomic mass is 10.0. The number of nitrogens with one attached hydrogen (secondary N) is 1. The number of benzene rings is 2. The number of rotatable bonds is 5. The number of fused-ring (bicyclic) bond motifs is 1. The first-order chi connectivity index (χ1) is 14.7. The van der Waals surface area contributed by atoms with Crippen molar-refractivity contribution in [2.24, 2.45) is 0 Å². The minimum Gasteiger partial charge on any atom is -0.428 e. The van der Waals surface area contributed by atoms with E-state index in [-0.39, 0.29) is 0 Å². The average molecular weight is 400 g/mol. The van der Waals surface area contributed by atoms with E-state index in [1.807, 2.05) is 36.4 Å². The van der Waals surface area contributed by atoms with Gasteiger partial charge in [-0.1, -0.05) is 30.2 Å². The monoisotopic (exact) mass is 400 g/mol. The molecule has 1 aliphatic rings. The molecule has 0 amide bonds. The quantitative estimate of drug-likeness (QED) is 0.520. The fourth-order valence-electron chi connectivity index (χ4n) is 3.98. The van der Waals surface area contributed by atoms with E-state index in [0.717, 1.165) is 48.1 Å². The molecule has 0 radical (unpaired) electrons. The van der Waals surface area contributed by atoms with E-state index in [0.29, 0.717) is 29.5 Å². The summed E-state index contributed by atoms with van der Waals surface area (Å²) in [7, 11) is 2.14. The second kappa shape index (κ2) is 8.93. The molecule has 152 valence electrons. The van der Waals surface area contributed by atoms with Gasteiger partial charge in [-0.15, -0.1) is 16.1 Å². The fraction of sp³-hybridized carbons (Fsp3) is 0.292. The molecule has 1 saturated heterocycles. The van der Waals surface area contributed by atoms with Gasteiger partial charge in [-0.25, -0.2) is 0 Å². The summed E-state index contributed by atoms with van der Waals surface area (Å²) in [6.07, 6.45) is 2.27. The number of piperidine rings is 1. The van der Waals surface area contributed by atoms with Gasteiger partial charge in [0.05, 0.1) is 0 Å². The maximum atomic E-state index is 11.1.